The fourth-order valence-electron chi connectivity index (χ4n) is 2.34. The number of hydrogen-bond acceptors (Lipinski definition) is 3. The van der Waals surface area contributed by atoms with Crippen molar-refractivity contribution >= 4 is 11.6 Å². The molecule has 1 fully saturated rings. The first kappa shape index (κ1) is 11.9. The maximum absolute atomic E-state index is 12.0. The third-order valence-corrected chi connectivity index (χ3v) is 3.31. The summed E-state index contributed by atoms with van der Waals surface area (Å²) in [6, 6.07) is 9.96. The Morgan fingerprint density at radius 3 is 2.95 bits per heavy atom. The van der Waals surface area contributed by atoms with E-state index in [4.69, 9.17) is 0 Å². The average molecular weight is 256 g/mol. The van der Waals surface area contributed by atoms with Crippen LogP contribution in [0.2, 0.25) is 0 Å². The lowest BCUT2D eigenvalue weighted by Gasteiger charge is -2.16. The molecule has 0 saturated carbocycles. The summed E-state index contributed by atoms with van der Waals surface area (Å²) in [6.07, 6.45) is 4.07. The van der Waals surface area contributed by atoms with E-state index >= 15 is 0 Å². The van der Waals surface area contributed by atoms with Gasteiger partial charge >= 0.3 is 0 Å². The molecule has 19 heavy (non-hydrogen) atoms. The van der Waals surface area contributed by atoms with Gasteiger partial charge < -0.3 is 15.2 Å². The molecular weight excluding hydrogens is 240 g/mol. The maximum Gasteiger partial charge on any atom is 0.228 e. The second-order valence-corrected chi connectivity index (χ2v) is 4.66. The summed E-state index contributed by atoms with van der Waals surface area (Å²) >= 11 is 0. The highest BCUT2D eigenvalue weighted by molar-refractivity contribution is 5.96. The number of aromatic amines is 1. The van der Waals surface area contributed by atoms with E-state index in [1.165, 1.54) is 0 Å². The van der Waals surface area contributed by atoms with Crippen molar-refractivity contribution in [3.63, 3.8) is 0 Å². The van der Waals surface area contributed by atoms with E-state index in [2.05, 4.69) is 15.3 Å². The molecule has 1 atom stereocenters. The standard InChI is InChI=1S/C14H16N4O/c19-14-8-11(17-9-13-15-6-7-16-13)10-18(14)12-4-2-1-3-5-12/h1-7,11,17H,8-10H2,(H,15,16). The Hall–Kier alpha value is -2.14. The Bertz CT molecular complexity index is 538. The molecule has 1 aliphatic rings. The van der Waals surface area contributed by atoms with E-state index in [0.717, 1.165) is 11.5 Å². The number of para-hydroxylation sites is 1. The van der Waals surface area contributed by atoms with Gasteiger partial charge in [-0.25, -0.2) is 4.98 Å². The Kier molecular flexibility index (Phi) is 3.29. The fourth-order valence-corrected chi connectivity index (χ4v) is 2.34. The molecule has 1 unspecified atom stereocenters. The first-order valence-electron chi connectivity index (χ1n) is 6.40. The first-order valence-corrected chi connectivity index (χ1v) is 6.40. The molecule has 2 N–H and O–H groups in total. The number of H-pyrrole nitrogens is 1. The number of rotatable bonds is 4. The summed E-state index contributed by atoms with van der Waals surface area (Å²) in [6.45, 7) is 1.37. The third-order valence-electron chi connectivity index (χ3n) is 3.31. The van der Waals surface area contributed by atoms with Gasteiger partial charge in [-0.1, -0.05) is 18.2 Å². The Balaban J connectivity index is 1.61. The van der Waals surface area contributed by atoms with E-state index < -0.39 is 0 Å². The molecule has 0 radical (unpaired) electrons. The highest BCUT2D eigenvalue weighted by Gasteiger charge is 2.30. The SMILES string of the molecule is O=C1CC(NCc2ncc[nH]2)CN1c1ccccc1. The number of carbonyl (C=O) groups is 1. The summed E-state index contributed by atoms with van der Waals surface area (Å²) in [5, 5.41) is 3.36. The van der Waals surface area contributed by atoms with Crippen LogP contribution in [0.3, 0.4) is 0 Å². The van der Waals surface area contributed by atoms with Crippen molar-refractivity contribution in [3.8, 4) is 0 Å². The predicted molar refractivity (Wildman–Crippen MR) is 72.6 cm³/mol. The van der Waals surface area contributed by atoms with Crippen LogP contribution in [0.4, 0.5) is 5.69 Å². The number of nitrogens with one attached hydrogen (secondary N) is 2. The van der Waals surface area contributed by atoms with Gasteiger partial charge in [-0.05, 0) is 12.1 Å². The molecule has 1 aromatic heterocycles. The monoisotopic (exact) mass is 256 g/mol. The third kappa shape index (κ3) is 2.66. The molecule has 2 aromatic rings. The van der Waals surface area contributed by atoms with Crippen LogP contribution < -0.4 is 10.2 Å². The average Bonchev–Trinajstić information content (AvgIpc) is 3.07. The largest absolute Gasteiger partial charge is 0.348 e. The number of nitrogens with zero attached hydrogens (tertiary/aromatic N) is 2. The molecule has 1 amide bonds. The number of anilines is 1. The van der Waals surface area contributed by atoms with Crippen LogP contribution in [0.5, 0.6) is 0 Å². The van der Waals surface area contributed by atoms with E-state index in [-0.39, 0.29) is 11.9 Å². The molecule has 2 heterocycles. The molecule has 5 nitrogen and oxygen atoms in total. The van der Waals surface area contributed by atoms with Crippen LogP contribution in [0, 0.1) is 0 Å². The topological polar surface area (TPSA) is 61.0 Å². The quantitative estimate of drug-likeness (QED) is 0.867. The number of amides is 1. The number of imidazole rings is 1. The van der Waals surface area contributed by atoms with E-state index in [9.17, 15) is 4.79 Å². The highest BCUT2D eigenvalue weighted by atomic mass is 16.2. The number of benzene rings is 1. The van der Waals surface area contributed by atoms with Gasteiger partial charge in [-0.2, -0.15) is 0 Å². The van der Waals surface area contributed by atoms with E-state index in [0.29, 0.717) is 19.5 Å². The van der Waals surface area contributed by atoms with Gasteiger partial charge in [0, 0.05) is 37.1 Å². The van der Waals surface area contributed by atoms with Crippen LogP contribution in [0.25, 0.3) is 0 Å². The molecule has 98 valence electrons. The summed E-state index contributed by atoms with van der Waals surface area (Å²) in [7, 11) is 0. The molecule has 1 aromatic carbocycles. The normalized spacial score (nSPS) is 19.1. The van der Waals surface area contributed by atoms with Gasteiger partial charge in [0.25, 0.3) is 0 Å². The molecule has 0 bridgehead atoms. The van der Waals surface area contributed by atoms with Crippen LogP contribution in [0.1, 0.15) is 12.2 Å². The van der Waals surface area contributed by atoms with Crippen molar-refractivity contribution in [2.24, 2.45) is 0 Å². The highest BCUT2D eigenvalue weighted by Crippen LogP contribution is 2.20. The van der Waals surface area contributed by atoms with Crippen molar-refractivity contribution in [2.45, 2.75) is 19.0 Å². The van der Waals surface area contributed by atoms with Gasteiger partial charge in [0.2, 0.25) is 5.91 Å². The molecule has 1 saturated heterocycles. The maximum atomic E-state index is 12.0. The minimum Gasteiger partial charge on any atom is -0.348 e. The van der Waals surface area contributed by atoms with Crippen LogP contribution >= 0.6 is 0 Å². The number of aromatic nitrogens is 2. The molecule has 1 aliphatic heterocycles. The summed E-state index contributed by atoms with van der Waals surface area (Å²) in [5.41, 5.74) is 0.967. The zero-order chi connectivity index (χ0) is 13.1. The van der Waals surface area contributed by atoms with Crippen LogP contribution in [0.15, 0.2) is 42.7 Å². The van der Waals surface area contributed by atoms with Crippen molar-refractivity contribution in [1.82, 2.24) is 15.3 Å². The molecule has 5 heteroatoms. The minimum absolute atomic E-state index is 0.170. The van der Waals surface area contributed by atoms with Crippen molar-refractivity contribution in [2.75, 3.05) is 11.4 Å². The zero-order valence-corrected chi connectivity index (χ0v) is 10.5. The molecule has 0 aliphatic carbocycles. The lowest BCUT2D eigenvalue weighted by molar-refractivity contribution is -0.117. The summed E-state index contributed by atoms with van der Waals surface area (Å²) < 4.78 is 0. The first-order chi connectivity index (χ1) is 9.33. The smallest absolute Gasteiger partial charge is 0.228 e. The van der Waals surface area contributed by atoms with Crippen LogP contribution in [-0.4, -0.2) is 28.5 Å². The summed E-state index contributed by atoms with van der Waals surface area (Å²) in [4.78, 5) is 21.0. The van der Waals surface area contributed by atoms with Gasteiger partial charge in [0.15, 0.2) is 0 Å². The van der Waals surface area contributed by atoms with E-state index in [1.54, 1.807) is 12.4 Å². The van der Waals surface area contributed by atoms with Gasteiger partial charge in [-0.3, -0.25) is 4.79 Å². The summed E-state index contributed by atoms with van der Waals surface area (Å²) in [5.74, 6) is 1.06. The molecular formula is C14H16N4O. The van der Waals surface area contributed by atoms with Gasteiger partial charge in [0.1, 0.15) is 5.82 Å². The number of carbonyl (C=O) groups excluding carboxylic acids is 1. The second-order valence-electron chi connectivity index (χ2n) is 4.66. The van der Waals surface area contributed by atoms with Gasteiger partial charge in [-0.15, -0.1) is 0 Å². The lowest BCUT2D eigenvalue weighted by atomic mass is 10.2. The molecule has 0 spiro atoms. The zero-order valence-electron chi connectivity index (χ0n) is 10.5. The van der Waals surface area contributed by atoms with Crippen LogP contribution in [-0.2, 0) is 11.3 Å². The fraction of sp³-hybridized carbons (Fsp3) is 0.286. The van der Waals surface area contributed by atoms with Crippen molar-refractivity contribution in [1.29, 1.82) is 0 Å². The lowest BCUT2D eigenvalue weighted by Crippen LogP contribution is -2.32. The Morgan fingerprint density at radius 2 is 2.21 bits per heavy atom. The van der Waals surface area contributed by atoms with E-state index in [1.807, 2.05) is 35.2 Å². The Morgan fingerprint density at radius 1 is 1.37 bits per heavy atom. The number of hydrogen-bond donors (Lipinski definition) is 2. The van der Waals surface area contributed by atoms with Gasteiger partial charge in [0.05, 0.1) is 6.54 Å². The van der Waals surface area contributed by atoms with Crippen molar-refractivity contribution < 1.29 is 4.79 Å². The second kappa shape index (κ2) is 5.24. The molecule has 3 rings (SSSR count). The van der Waals surface area contributed by atoms with Crippen molar-refractivity contribution in [3.05, 3.63) is 48.5 Å². The Labute approximate surface area is 111 Å². The minimum atomic E-state index is 0.170. The predicted octanol–water partition coefficient (Wildman–Crippen LogP) is 1.30.